The number of amides is 6. The van der Waals surface area contributed by atoms with Gasteiger partial charge in [-0.25, -0.2) is 18.0 Å². The molecule has 0 unspecified atom stereocenters. The number of ether oxygens (including phenoxy) is 2. The summed E-state index contributed by atoms with van der Waals surface area (Å²) in [6.07, 6.45) is -0.765. The predicted molar refractivity (Wildman–Crippen MR) is 180 cm³/mol. The molecule has 0 saturated carbocycles. The lowest BCUT2D eigenvalue weighted by molar-refractivity contribution is -0.139. The molecule has 0 aromatic heterocycles. The monoisotopic (exact) mass is 797 g/mol. The van der Waals surface area contributed by atoms with Crippen LogP contribution >= 0.6 is 0 Å². The number of carboxylic acid groups (broad SMARTS) is 1. The zero-order valence-corrected chi connectivity index (χ0v) is 29.9. The molecule has 21 heteroatoms. The zero-order chi connectivity index (χ0) is 41.9. The standard InChI is InChI=1S/C35H36F5N5O11/c1-16(2)14-21(43-22(46)12-13-45-23(47)9-10-24(45)48)34(53)41-17(3)32(51)44-20(8-11-25(49)50)33(52)42-19-6-4-18(5-7-19)15-55-35(54)56-31-29(39)27(37)26(36)28(38)30(31)40/h4-7,9-10,16-17,20-21H,8,11-15H2,1-3H3,(H,41,53)(H,42,52)(H,43,46)(H,44,51)(H,49,50)/t17-,20-,21+/m0/s1. The van der Waals surface area contributed by atoms with Gasteiger partial charge in [0.25, 0.3) is 11.8 Å². The van der Waals surface area contributed by atoms with Gasteiger partial charge in [-0.05, 0) is 43.4 Å². The second kappa shape index (κ2) is 19.8. The number of aliphatic carboxylic acids is 1. The predicted octanol–water partition coefficient (Wildman–Crippen LogP) is 2.74. The van der Waals surface area contributed by atoms with E-state index in [4.69, 9.17) is 0 Å². The summed E-state index contributed by atoms with van der Waals surface area (Å²) in [5.74, 6) is -19.5. The number of nitrogens with zero attached hydrogens (tertiary/aromatic N) is 1. The van der Waals surface area contributed by atoms with Crippen molar-refractivity contribution in [1.29, 1.82) is 0 Å². The molecule has 2 aromatic carbocycles. The van der Waals surface area contributed by atoms with E-state index in [0.717, 1.165) is 17.1 Å². The molecular formula is C35H36F5N5O11. The van der Waals surface area contributed by atoms with Gasteiger partial charge in [-0.2, -0.15) is 8.78 Å². The Morgan fingerprint density at radius 1 is 0.732 bits per heavy atom. The van der Waals surface area contributed by atoms with E-state index in [1.807, 2.05) is 0 Å². The van der Waals surface area contributed by atoms with Crippen LogP contribution in [0.2, 0.25) is 0 Å². The van der Waals surface area contributed by atoms with Crippen LogP contribution in [0.5, 0.6) is 5.75 Å². The Kier molecular flexibility index (Phi) is 15.5. The fourth-order valence-electron chi connectivity index (χ4n) is 4.89. The molecule has 56 heavy (non-hydrogen) atoms. The molecule has 1 aliphatic rings. The number of carbonyl (C=O) groups excluding carboxylic acids is 7. The third kappa shape index (κ3) is 12.3. The number of halogens is 5. The summed E-state index contributed by atoms with van der Waals surface area (Å²) < 4.78 is 76.3. The number of rotatable bonds is 18. The fraction of sp³-hybridized carbons (Fsp3) is 0.371. The fourth-order valence-corrected chi connectivity index (χ4v) is 4.89. The molecular weight excluding hydrogens is 761 g/mol. The largest absolute Gasteiger partial charge is 0.514 e. The first-order valence-electron chi connectivity index (χ1n) is 16.7. The van der Waals surface area contributed by atoms with Crippen molar-refractivity contribution in [2.45, 2.75) is 71.2 Å². The van der Waals surface area contributed by atoms with Crippen LogP contribution in [0, 0.1) is 35.0 Å². The smallest absolute Gasteiger partial charge is 0.481 e. The summed E-state index contributed by atoms with van der Waals surface area (Å²) in [5.41, 5.74) is 0.291. The quantitative estimate of drug-likeness (QED) is 0.0368. The topological polar surface area (TPSA) is 227 Å². The molecule has 2 aromatic rings. The van der Waals surface area contributed by atoms with Gasteiger partial charge in [-0.1, -0.05) is 26.0 Å². The van der Waals surface area contributed by atoms with Crippen LogP contribution in [-0.2, 0) is 44.9 Å². The molecule has 0 aliphatic carbocycles. The van der Waals surface area contributed by atoms with Gasteiger partial charge >= 0.3 is 12.1 Å². The van der Waals surface area contributed by atoms with Gasteiger partial charge in [-0.3, -0.25) is 38.5 Å². The summed E-state index contributed by atoms with van der Waals surface area (Å²) in [5, 5.41) is 19.0. The van der Waals surface area contributed by atoms with E-state index < -0.39 is 114 Å². The molecule has 6 amide bonds. The number of carbonyl (C=O) groups is 8. The number of nitrogens with one attached hydrogen (secondary N) is 4. The van der Waals surface area contributed by atoms with Crippen LogP contribution in [0.1, 0.15) is 52.0 Å². The molecule has 3 atom stereocenters. The van der Waals surface area contributed by atoms with Crippen molar-refractivity contribution in [3.63, 3.8) is 0 Å². The van der Waals surface area contributed by atoms with Crippen LogP contribution in [-0.4, -0.2) is 82.2 Å². The highest BCUT2D eigenvalue weighted by Crippen LogP contribution is 2.29. The maximum absolute atomic E-state index is 13.8. The van der Waals surface area contributed by atoms with Crippen molar-refractivity contribution in [2.24, 2.45) is 5.92 Å². The molecule has 1 aliphatic heterocycles. The molecule has 0 radical (unpaired) electrons. The summed E-state index contributed by atoms with van der Waals surface area (Å²) in [6, 6.07) is 1.30. The van der Waals surface area contributed by atoms with Crippen LogP contribution in [0.4, 0.5) is 32.4 Å². The number of hydrogen-bond donors (Lipinski definition) is 5. The van der Waals surface area contributed by atoms with Gasteiger partial charge in [0, 0.05) is 37.2 Å². The van der Waals surface area contributed by atoms with Gasteiger partial charge in [0.15, 0.2) is 0 Å². The maximum Gasteiger partial charge on any atom is 0.514 e. The highest BCUT2D eigenvalue weighted by Gasteiger charge is 2.31. The SMILES string of the molecule is CC(C)C[C@@H](NC(=O)CCN1C(=O)C=CC1=O)C(=O)N[C@@H](C)C(=O)N[C@@H](CCC(=O)O)C(=O)Nc1ccc(COC(=O)Oc2c(F)c(F)c(F)c(F)c2F)cc1. The molecule has 0 saturated heterocycles. The van der Waals surface area contributed by atoms with Gasteiger partial charge in [0.2, 0.25) is 58.5 Å². The summed E-state index contributed by atoms with van der Waals surface area (Å²) in [7, 11) is 0. The highest BCUT2D eigenvalue weighted by molar-refractivity contribution is 6.13. The summed E-state index contributed by atoms with van der Waals surface area (Å²) in [6.45, 7) is 3.99. The number of hydrogen-bond acceptors (Lipinski definition) is 10. The number of imide groups is 1. The van der Waals surface area contributed by atoms with Crippen LogP contribution in [0.15, 0.2) is 36.4 Å². The second-order valence-electron chi connectivity index (χ2n) is 12.6. The Morgan fingerprint density at radius 2 is 1.30 bits per heavy atom. The van der Waals surface area contributed by atoms with Gasteiger partial charge in [-0.15, -0.1) is 0 Å². The van der Waals surface area contributed by atoms with Gasteiger partial charge in [0.05, 0.1) is 0 Å². The van der Waals surface area contributed by atoms with E-state index in [1.54, 1.807) is 13.8 Å². The van der Waals surface area contributed by atoms with E-state index in [9.17, 15) is 65.4 Å². The molecule has 0 fully saturated rings. The number of benzene rings is 2. The van der Waals surface area contributed by atoms with Gasteiger partial charge in [0.1, 0.15) is 24.7 Å². The highest BCUT2D eigenvalue weighted by atomic mass is 19.2. The lowest BCUT2D eigenvalue weighted by Crippen LogP contribution is -2.55. The van der Waals surface area contributed by atoms with Crippen LogP contribution < -0.4 is 26.0 Å². The molecule has 1 heterocycles. The van der Waals surface area contributed by atoms with Crippen LogP contribution in [0.3, 0.4) is 0 Å². The average Bonchev–Trinajstić information content (AvgIpc) is 3.47. The first kappa shape index (κ1) is 44.0. The zero-order valence-electron chi connectivity index (χ0n) is 29.9. The molecule has 302 valence electrons. The Labute approximate surface area is 314 Å². The summed E-state index contributed by atoms with van der Waals surface area (Å²) >= 11 is 0. The van der Waals surface area contributed by atoms with Crippen molar-refractivity contribution < 1.29 is 74.9 Å². The number of carboxylic acids is 1. The summed E-state index contributed by atoms with van der Waals surface area (Å²) in [4.78, 5) is 99.4. The number of anilines is 1. The van der Waals surface area contributed by atoms with Crippen molar-refractivity contribution >= 4 is 53.3 Å². The molecule has 16 nitrogen and oxygen atoms in total. The lowest BCUT2D eigenvalue weighted by Gasteiger charge is -2.24. The minimum absolute atomic E-state index is 0.0978. The third-order valence-corrected chi connectivity index (χ3v) is 7.79. The van der Waals surface area contributed by atoms with E-state index in [1.165, 1.54) is 31.2 Å². The Hall–Kier alpha value is -6.41. The molecule has 0 bridgehead atoms. The van der Waals surface area contributed by atoms with E-state index in [2.05, 4.69) is 30.7 Å². The van der Waals surface area contributed by atoms with E-state index >= 15 is 0 Å². The van der Waals surface area contributed by atoms with Crippen LogP contribution in [0.25, 0.3) is 0 Å². The van der Waals surface area contributed by atoms with E-state index in [0.29, 0.717) is 0 Å². The van der Waals surface area contributed by atoms with Crippen molar-refractivity contribution in [3.05, 3.63) is 71.1 Å². The minimum Gasteiger partial charge on any atom is -0.481 e. The van der Waals surface area contributed by atoms with Crippen molar-refractivity contribution in [1.82, 2.24) is 20.9 Å². The average molecular weight is 798 g/mol. The Morgan fingerprint density at radius 3 is 1.86 bits per heavy atom. The van der Waals surface area contributed by atoms with Gasteiger partial charge < -0.3 is 35.8 Å². The first-order valence-corrected chi connectivity index (χ1v) is 16.7. The first-order chi connectivity index (χ1) is 26.3. The second-order valence-corrected chi connectivity index (χ2v) is 12.6. The Bertz CT molecular complexity index is 1860. The molecule has 5 N–H and O–H groups in total. The third-order valence-electron chi connectivity index (χ3n) is 7.79. The Balaban J connectivity index is 1.57. The lowest BCUT2D eigenvalue weighted by atomic mass is 10.0. The molecule has 3 rings (SSSR count). The molecule has 0 spiro atoms. The maximum atomic E-state index is 13.8. The van der Waals surface area contributed by atoms with Crippen molar-refractivity contribution in [2.75, 3.05) is 11.9 Å². The minimum atomic E-state index is -2.46. The van der Waals surface area contributed by atoms with Crippen molar-refractivity contribution in [3.8, 4) is 5.75 Å². The van der Waals surface area contributed by atoms with E-state index in [-0.39, 0.29) is 43.0 Å². The normalized spacial score (nSPS) is 13.8.